The van der Waals surface area contributed by atoms with Gasteiger partial charge in [0.05, 0.1) is 13.7 Å². The number of nitrogens with one attached hydrogen (secondary N) is 2. The number of para-hydroxylation sites is 1. The Bertz CT molecular complexity index is 1160. The van der Waals surface area contributed by atoms with Gasteiger partial charge in [0.2, 0.25) is 0 Å². The van der Waals surface area contributed by atoms with Crippen molar-refractivity contribution in [2.45, 2.75) is 12.8 Å². The Morgan fingerprint density at radius 1 is 1.00 bits per heavy atom. The number of amides is 1. The van der Waals surface area contributed by atoms with Crippen LogP contribution in [0.4, 0.5) is 0 Å². The van der Waals surface area contributed by atoms with Crippen LogP contribution in [0.3, 0.4) is 0 Å². The lowest BCUT2D eigenvalue weighted by Crippen LogP contribution is -2.28. The number of carbonyl (C=O) groups is 1. The standard InChI is InChI=1S/C26H26N2O3/c1-3-31-21-8-6-7-19(15-21)26(29)28-16-23(18-11-13-20(30-2)14-12-18)24-17-27-25-10-5-4-9-22(24)25/h4-15,17,23,27H,3,16H2,1-2H3,(H,28,29). The van der Waals surface area contributed by atoms with Crippen LogP contribution in [-0.4, -0.2) is 31.2 Å². The van der Waals surface area contributed by atoms with Gasteiger partial charge in [0, 0.05) is 35.1 Å². The van der Waals surface area contributed by atoms with Crippen LogP contribution in [0.2, 0.25) is 0 Å². The predicted octanol–water partition coefficient (Wildman–Crippen LogP) is 5.14. The summed E-state index contributed by atoms with van der Waals surface area (Å²) in [6.07, 6.45) is 2.03. The van der Waals surface area contributed by atoms with Crippen molar-refractivity contribution in [3.8, 4) is 11.5 Å². The van der Waals surface area contributed by atoms with Crippen molar-refractivity contribution in [2.75, 3.05) is 20.3 Å². The van der Waals surface area contributed by atoms with Crippen molar-refractivity contribution in [1.29, 1.82) is 0 Å². The fraction of sp³-hybridized carbons (Fsp3) is 0.192. The number of ether oxygens (including phenoxy) is 2. The number of benzene rings is 3. The molecule has 3 aromatic carbocycles. The highest BCUT2D eigenvalue weighted by Crippen LogP contribution is 2.31. The number of aromatic nitrogens is 1. The molecular weight excluding hydrogens is 388 g/mol. The molecule has 1 unspecified atom stereocenters. The minimum atomic E-state index is -0.125. The third-order valence-electron chi connectivity index (χ3n) is 5.39. The number of fused-ring (bicyclic) bond motifs is 1. The predicted molar refractivity (Wildman–Crippen MR) is 123 cm³/mol. The lowest BCUT2D eigenvalue weighted by atomic mass is 9.90. The van der Waals surface area contributed by atoms with Crippen molar-refractivity contribution in [3.63, 3.8) is 0 Å². The summed E-state index contributed by atoms with van der Waals surface area (Å²) in [5.74, 6) is 1.36. The van der Waals surface area contributed by atoms with Gasteiger partial charge in [0.1, 0.15) is 11.5 Å². The van der Waals surface area contributed by atoms with E-state index in [0.29, 0.717) is 24.5 Å². The van der Waals surface area contributed by atoms with Crippen LogP contribution in [0.1, 0.15) is 34.3 Å². The van der Waals surface area contributed by atoms with Crippen LogP contribution in [-0.2, 0) is 0 Å². The maximum Gasteiger partial charge on any atom is 0.251 e. The normalized spacial score (nSPS) is 11.8. The zero-order valence-corrected chi connectivity index (χ0v) is 17.7. The summed E-state index contributed by atoms with van der Waals surface area (Å²) in [7, 11) is 1.66. The maximum atomic E-state index is 12.9. The molecule has 0 aliphatic heterocycles. The van der Waals surface area contributed by atoms with Gasteiger partial charge in [-0.3, -0.25) is 4.79 Å². The Kier molecular flexibility index (Phi) is 6.22. The zero-order valence-electron chi connectivity index (χ0n) is 17.7. The smallest absolute Gasteiger partial charge is 0.251 e. The summed E-state index contributed by atoms with van der Waals surface area (Å²) >= 11 is 0. The third-order valence-corrected chi connectivity index (χ3v) is 5.39. The Morgan fingerprint density at radius 3 is 2.58 bits per heavy atom. The fourth-order valence-electron chi connectivity index (χ4n) is 3.82. The Morgan fingerprint density at radius 2 is 1.81 bits per heavy atom. The van der Waals surface area contributed by atoms with Crippen LogP contribution in [0.5, 0.6) is 11.5 Å². The van der Waals surface area contributed by atoms with Crippen molar-refractivity contribution >= 4 is 16.8 Å². The molecule has 5 nitrogen and oxygen atoms in total. The van der Waals surface area contributed by atoms with Gasteiger partial charge in [-0.05, 0) is 54.4 Å². The molecule has 4 rings (SSSR count). The summed E-state index contributed by atoms with van der Waals surface area (Å²) < 4.78 is 10.8. The minimum absolute atomic E-state index is 0.0129. The number of carbonyl (C=O) groups excluding carboxylic acids is 1. The molecule has 0 radical (unpaired) electrons. The molecule has 1 amide bonds. The monoisotopic (exact) mass is 414 g/mol. The zero-order chi connectivity index (χ0) is 21.6. The molecule has 4 aromatic rings. The maximum absolute atomic E-state index is 12.9. The number of hydrogen-bond acceptors (Lipinski definition) is 3. The molecule has 1 atom stereocenters. The molecule has 2 N–H and O–H groups in total. The fourth-order valence-corrected chi connectivity index (χ4v) is 3.82. The number of methoxy groups -OCH3 is 1. The molecule has 0 bridgehead atoms. The molecule has 31 heavy (non-hydrogen) atoms. The molecule has 1 aromatic heterocycles. The molecule has 0 fully saturated rings. The summed E-state index contributed by atoms with van der Waals surface area (Å²) in [5, 5.41) is 4.26. The molecule has 1 heterocycles. The van der Waals surface area contributed by atoms with Crippen molar-refractivity contribution in [2.24, 2.45) is 0 Å². The first kappa shape index (κ1) is 20.5. The first-order valence-electron chi connectivity index (χ1n) is 10.4. The molecule has 0 aliphatic rings. The van der Waals surface area contributed by atoms with Gasteiger partial charge in [-0.25, -0.2) is 0 Å². The van der Waals surface area contributed by atoms with Crippen LogP contribution in [0.15, 0.2) is 79.0 Å². The van der Waals surface area contributed by atoms with E-state index in [9.17, 15) is 4.79 Å². The van der Waals surface area contributed by atoms with E-state index in [2.05, 4.69) is 22.4 Å². The molecule has 0 saturated carbocycles. The van der Waals surface area contributed by atoms with Crippen molar-refractivity contribution in [1.82, 2.24) is 10.3 Å². The van der Waals surface area contributed by atoms with Crippen LogP contribution in [0.25, 0.3) is 10.9 Å². The molecule has 5 heteroatoms. The van der Waals surface area contributed by atoms with Gasteiger partial charge in [-0.2, -0.15) is 0 Å². The van der Waals surface area contributed by atoms with Gasteiger partial charge < -0.3 is 19.8 Å². The largest absolute Gasteiger partial charge is 0.497 e. The minimum Gasteiger partial charge on any atom is -0.497 e. The van der Waals surface area contributed by atoms with E-state index in [4.69, 9.17) is 9.47 Å². The van der Waals surface area contributed by atoms with Crippen molar-refractivity contribution < 1.29 is 14.3 Å². The van der Waals surface area contributed by atoms with Gasteiger partial charge in [-0.1, -0.05) is 36.4 Å². The number of H-pyrrole nitrogens is 1. The van der Waals surface area contributed by atoms with Crippen molar-refractivity contribution in [3.05, 3.63) is 95.7 Å². The van der Waals surface area contributed by atoms with E-state index < -0.39 is 0 Å². The van der Waals surface area contributed by atoms with Crippen LogP contribution >= 0.6 is 0 Å². The highest BCUT2D eigenvalue weighted by Gasteiger charge is 2.20. The van der Waals surface area contributed by atoms with E-state index in [0.717, 1.165) is 27.8 Å². The second kappa shape index (κ2) is 9.39. The van der Waals surface area contributed by atoms with E-state index in [-0.39, 0.29) is 11.8 Å². The SMILES string of the molecule is CCOc1cccc(C(=O)NCC(c2ccc(OC)cc2)c2c[nH]c3ccccc23)c1. The highest BCUT2D eigenvalue weighted by atomic mass is 16.5. The Balaban J connectivity index is 1.61. The number of rotatable bonds is 8. The molecule has 158 valence electrons. The van der Waals surface area contributed by atoms with Gasteiger partial charge in [0.25, 0.3) is 5.91 Å². The first-order chi connectivity index (χ1) is 15.2. The molecule has 0 aliphatic carbocycles. The lowest BCUT2D eigenvalue weighted by molar-refractivity contribution is 0.0952. The van der Waals surface area contributed by atoms with Crippen LogP contribution in [0, 0.1) is 0 Å². The number of hydrogen-bond donors (Lipinski definition) is 2. The van der Waals surface area contributed by atoms with E-state index in [1.54, 1.807) is 19.2 Å². The molecule has 0 saturated heterocycles. The summed E-state index contributed by atoms with van der Waals surface area (Å²) in [4.78, 5) is 16.2. The Hall–Kier alpha value is -3.73. The first-order valence-corrected chi connectivity index (χ1v) is 10.4. The van der Waals surface area contributed by atoms with Crippen LogP contribution < -0.4 is 14.8 Å². The second-order valence-electron chi connectivity index (χ2n) is 7.29. The quantitative estimate of drug-likeness (QED) is 0.420. The van der Waals surface area contributed by atoms with Gasteiger partial charge >= 0.3 is 0 Å². The van der Waals surface area contributed by atoms with E-state index in [1.165, 1.54) is 0 Å². The Labute approximate surface area is 182 Å². The molecule has 0 spiro atoms. The average Bonchev–Trinajstić information content (AvgIpc) is 3.24. The van der Waals surface area contributed by atoms with E-state index >= 15 is 0 Å². The van der Waals surface area contributed by atoms with Gasteiger partial charge in [0.15, 0.2) is 0 Å². The summed E-state index contributed by atoms with van der Waals surface area (Å²) in [6, 6.07) is 23.5. The lowest BCUT2D eigenvalue weighted by Gasteiger charge is -2.19. The highest BCUT2D eigenvalue weighted by molar-refractivity contribution is 5.94. The van der Waals surface area contributed by atoms with E-state index in [1.807, 2.05) is 61.7 Å². The summed E-state index contributed by atoms with van der Waals surface area (Å²) in [6.45, 7) is 2.95. The molecular formula is C26H26N2O3. The van der Waals surface area contributed by atoms with Gasteiger partial charge in [-0.15, -0.1) is 0 Å². The topological polar surface area (TPSA) is 63.4 Å². The second-order valence-corrected chi connectivity index (χ2v) is 7.29. The average molecular weight is 415 g/mol. The third kappa shape index (κ3) is 4.56. The number of aromatic amines is 1. The summed E-state index contributed by atoms with van der Waals surface area (Å²) in [5.41, 5.74) is 3.91.